The molecular weight excluding hydrogens is 262 g/mol. The van der Waals surface area contributed by atoms with Crippen LogP contribution in [0.2, 0.25) is 5.02 Å². The van der Waals surface area contributed by atoms with Gasteiger partial charge in [-0.15, -0.1) is 0 Å². The van der Waals surface area contributed by atoms with E-state index in [0.717, 1.165) is 16.6 Å². The van der Waals surface area contributed by atoms with Crippen molar-refractivity contribution in [1.82, 2.24) is 9.97 Å². The summed E-state index contributed by atoms with van der Waals surface area (Å²) in [5, 5.41) is 4.23. The van der Waals surface area contributed by atoms with Crippen LogP contribution < -0.4 is 5.32 Å². The van der Waals surface area contributed by atoms with Gasteiger partial charge >= 0.3 is 0 Å². The Labute approximate surface area is 114 Å². The summed E-state index contributed by atoms with van der Waals surface area (Å²) in [5.41, 5.74) is 2.10. The lowest BCUT2D eigenvalue weighted by Gasteiger charge is -2.06. The quantitative estimate of drug-likeness (QED) is 0.750. The summed E-state index contributed by atoms with van der Waals surface area (Å²) in [4.78, 5) is 19.1. The number of amides is 1. The van der Waals surface area contributed by atoms with Crippen LogP contribution in [0.4, 0.5) is 5.69 Å². The highest BCUT2D eigenvalue weighted by molar-refractivity contribution is 6.34. The van der Waals surface area contributed by atoms with Crippen molar-refractivity contribution in [1.29, 1.82) is 0 Å². The Balaban J connectivity index is 1.88. The van der Waals surface area contributed by atoms with Crippen molar-refractivity contribution in [3.8, 4) is 0 Å². The normalized spacial score (nSPS) is 10.6. The summed E-state index contributed by atoms with van der Waals surface area (Å²) in [6, 6.07) is 9.18. The summed E-state index contributed by atoms with van der Waals surface area (Å²) in [5.74, 6) is -0.270. The molecule has 1 amide bonds. The Hall–Kier alpha value is -2.33. The highest BCUT2D eigenvalue weighted by Gasteiger charge is 2.10. The Bertz CT molecular complexity index is 751. The lowest BCUT2D eigenvalue weighted by atomic mass is 10.2. The van der Waals surface area contributed by atoms with Crippen LogP contribution in [0.25, 0.3) is 10.9 Å². The van der Waals surface area contributed by atoms with Crippen molar-refractivity contribution >= 4 is 34.1 Å². The standard InChI is InChI=1S/C14H10ClN3O/c15-12-4-5-16-8-11(12)14(19)18-10-1-2-13-9(7-10)3-6-17-13/h1-8,17H,(H,18,19). The van der Waals surface area contributed by atoms with Crippen molar-refractivity contribution in [2.24, 2.45) is 0 Å². The zero-order valence-corrected chi connectivity index (χ0v) is 10.6. The first-order valence-electron chi connectivity index (χ1n) is 5.72. The Morgan fingerprint density at radius 1 is 1.26 bits per heavy atom. The first-order chi connectivity index (χ1) is 9.24. The van der Waals surface area contributed by atoms with Crippen molar-refractivity contribution in [3.05, 3.63) is 59.5 Å². The molecule has 1 aromatic carbocycles. The van der Waals surface area contributed by atoms with Gasteiger partial charge in [0.1, 0.15) is 0 Å². The fourth-order valence-electron chi connectivity index (χ4n) is 1.87. The van der Waals surface area contributed by atoms with Gasteiger partial charge < -0.3 is 10.3 Å². The van der Waals surface area contributed by atoms with E-state index >= 15 is 0 Å². The summed E-state index contributed by atoms with van der Waals surface area (Å²) in [7, 11) is 0. The molecule has 2 aromatic heterocycles. The molecule has 0 fully saturated rings. The lowest BCUT2D eigenvalue weighted by Crippen LogP contribution is -2.12. The number of nitrogens with zero attached hydrogens (tertiary/aromatic N) is 1. The second kappa shape index (κ2) is 4.74. The van der Waals surface area contributed by atoms with Gasteiger partial charge in [-0.1, -0.05) is 11.6 Å². The minimum absolute atomic E-state index is 0.270. The molecule has 2 N–H and O–H groups in total. The topological polar surface area (TPSA) is 57.8 Å². The number of pyridine rings is 1. The first-order valence-corrected chi connectivity index (χ1v) is 6.10. The van der Waals surface area contributed by atoms with E-state index in [1.54, 1.807) is 12.3 Å². The number of halogens is 1. The molecule has 0 bridgehead atoms. The molecule has 5 heteroatoms. The van der Waals surface area contributed by atoms with Crippen LogP contribution in [0.15, 0.2) is 48.9 Å². The Morgan fingerprint density at radius 2 is 2.16 bits per heavy atom. The Morgan fingerprint density at radius 3 is 3.00 bits per heavy atom. The zero-order valence-electron chi connectivity index (χ0n) is 9.85. The second-order valence-electron chi connectivity index (χ2n) is 4.09. The van der Waals surface area contributed by atoms with Gasteiger partial charge in [0.15, 0.2) is 0 Å². The molecule has 0 aliphatic carbocycles. The van der Waals surface area contributed by atoms with Gasteiger partial charge in [-0.25, -0.2) is 0 Å². The monoisotopic (exact) mass is 271 g/mol. The average molecular weight is 272 g/mol. The maximum absolute atomic E-state index is 12.1. The van der Waals surface area contributed by atoms with E-state index in [4.69, 9.17) is 11.6 Å². The number of nitrogens with one attached hydrogen (secondary N) is 2. The maximum Gasteiger partial charge on any atom is 0.258 e. The van der Waals surface area contributed by atoms with Gasteiger partial charge in [0.2, 0.25) is 0 Å². The summed E-state index contributed by atoms with van der Waals surface area (Å²) < 4.78 is 0. The van der Waals surface area contributed by atoms with E-state index in [1.165, 1.54) is 6.20 Å². The minimum atomic E-state index is -0.270. The van der Waals surface area contributed by atoms with Gasteiger partial charge in [0, 0.05) is 35.2 Å². The molecule has 19 heavy (non-hydrogen) atoms. The van der Waals surface area contributed by atoms with Crippen LogP contribution in [0.1, 0.15) is 10.4 Å². The third-order valence-electron chi connectivity index (χ3n) is 2.82. The van der Waals surface area contributed by atoms with E-state index in [2.05, 4.69) is 15.3 Å². The van der Waals surface area contributed by atoms with E-state index in [-0.39, 0.29) is 5.91 Å². The molecule has 0 radical (unpaired) electrons. The second-order valence-corrected chi connectivity index (χ2v) is 4.50. The number of carbonyl (C=O) groups excluding carboxylic acids is 1. The number of aromatic nitrogens is 2. The zero-order chi connectivity index (χ0) is 13.2. The van der Waals surface area contributed by atoms with Gasteiger partial charge in [0.05, 0.1) is 10.6 Å². The van der Waals surface area contributed by atoms with Crippen LogP contribution in [-0.2, 0) is 0 Å². The molecule has 0 saturated heterocycles. The molecule has 3 aromatic rings. The lowest BCUT2D eigenvalue weighted by molar-refractivity contribution is 0.102. The van der Waals surface area contributed by atoms with E-state index in [9.17, 15) is 4.79 Å². The first kappa shape index (κ1) is 11.7. The van der Waals surface area contributed by atoms with Gasteiger partial charge in [-0.3, -0.25) is 9.78 Å². The summed E-state index contributed by atoms with van der Waals surface area (Å²) >= 11 is 5.96. The fraction of sp³-hybridized carbons (Fsp3) is 0. The third-order valence-corrected chi connectivity index (χ3v) is 3.15. The average Bonchev–Trinajstić information content (AvgIpc) is 2.86. The molecule has 3 rings (SSSR count). The minimum Gasteiger partial charge on any atom is -0.361 e. The molecule has 0 atom stereocenters. The van der Waals surface area contributed by atoms with Crippen LogP contribution >= 0.6 is 11.6 Å². The number of H-pyrrole nitrogens is 1. The molecule has 4 nitrogen and oxygen atoms in total. The van der Waals surface area contributed by atoms with Gasteiger partial charge in [-0.05, 0) is 30.3 Å². The predicted octanol–water partition coefficient (Wildman–Crippen LogP) is 3.47. The molecule has 0 aliphatic rings. The molecule has 0 spiro atoms. The van der Waals surface area contributed by atoms with Crippen molar-refractivity contribution in [2.45, 2.75) is 0 Å². The van der Waals surface area contributed by atoms with Crippen molar-refractivity contribution < 1.29 is 4.79 Å². The highest BCUT2D eigenvalue weighted by Crippen LogP contribution is 2.20. The number of anilines is 1. The molecule has 0 saturated carbocycles. The number of rotatable bonds is 2. The Kier molecular flexibility index (Phi) is 2.93. The van der Waals surface area contributed by atoms with Crippen LogP contribution in [0.3, 0.4) is 0 Å². The predicted molar refractivity (Wildman–Crippen MR) is 75.5 cm³/mol. The van der Waals surface area contributed by atoms with Gasteiger partial charge in [0.25, 0.3) is 5.91 Å². The van der Waals surface area contributed by atoms with Crippen LogP contribution in [-0.4, -0.2) is 15.9 Å². The molecule has 0 unspecified atom stereocenters. The number of fused-ring (bicyclic) bond motifs is 1. The molecule has 94 valence electrons. The highest BCUT2D eigenvalue weighted by atomic mass is 35.5. The summed E-state index contributed by atoms with van der Waals surface area (Å²) in [6.45, 7) is 0. The van der Waals surface area contributed by atoms with Crippen molar-refractivity contribution in [2.75, 3.05) is 5.32 Å². The number of aromatic amines is 1. The van der Waals surface area contributed by atoms with Crippen LogP contribution in [0.5, 0.6) is 0 Å². The van der Waals surface area contributed by atoms with E-state index in [0.29, 0.717) is 10.6 Å². The number of carbonyl (C=O) groups is 1. The molecule has 0 aliphatic heterocycles. The molecule has 2 heterocycles. The van der Waals surface area contributed by atoms with Crippen LogP contribution in [0, 0.1) is 0 Å². The summed E-state index contributed by atoms with van der Waals surface area (Å²) in [6.07, 6.45) is 4.85. The largest absolute Gasteiger partial charge is 0.361 e. The van der Waals surface area contributed by atoms with E-state index in [1.807, 2.05) is 30.5 Å². The SMILES string of the molecule is O=C(Nc1ccc2[nH]ccc2c1)c1cnccc1Cl. The number of benzene rings is 1. The van der Waals surface area contributed by atoms with Gasteiger partial charge in [-0.2, -0.15) is 0 Å². The molecular formula is C14H10ClN3O. The van der Waals surface area contributed by atoms with E-state index < -0.39 is 0 Å². The third kappa shape index (κ3) is 2.30. The number of hydrogen-bond donors (Lipinski definition) is 2. The van der Waals surface area contributed by atoms with Crippen molar-refractivity contribution in [3.63, 3.8) is 0 Å². The smallest absolute Gasteiger partial charge is 0.258 e. The maximum atomic E-state index is 12.1. The number of hydrogen-bond acceptors (Lipinski definition) is 2. The fourth-order valence-corrected chi connectivity index (χ4v) is 2.07.